The summed E-state index contributed by atoms with van der Waals surface area (Å²) in [5, 5.41) is 2.68. The molecule has 0 unspecified atom stereocenters. The van der Waals surface area contributed by atoms with Crippen molar-refractivity contribution in [1.82, 2.24) is 4.72 Å². The number of carbonyl (C=O) groups is 1. The first-order valence-electron chi connectivity index (χ1n) is 11.7. The second-order valence-corrected chi connectivity index (χ2v) is 12.2. The van der Waals surface area contributed by atoms with Gasteiger partial charge in [0.05, 0.1) is 11.0 Å². The summed E-state index contributed by atoms with van der Waals surface area (Å²) in [6, 6.07) is 16.5. The number of hydrogen-bond acceptors (Lipinski definition) is 4. The van der Waals surface area contributed by atoms with E-state index in [4.69, 9.17) is 4.74 Å². The molecule has 1 heterocycles. The van der Waals surface area contributed by atoms with E-state index in [0.29, 0.717) is 24.1 Å². The van der Waals surface area contributed by atoms with Crippen LogP contribution in [0.1, 0.15) is 51.7 Å². The Labute approximate surface area is 196 Å². The standard InChI is InChI=1S/C26H32N2O4S/c1-17(29)27-20-9-11-21(12-10-20)33(30,31)28-24-25(2,3)19-15-22-23(18-7-5-4-6-8-18)32-14-13-26(22,24)16-19/h4-12,19,22-24,28H,13-16H2,1-3H3,(H,27,29)/t19-,22-,23-,24+,26-/m1/s1. The van der Waals surface area contributed by atoms with Crippen molar-refractivity contribution in [3.8, 4) is 0 Å². The number of anilines is 1. The maximum atomic E-state index is 13.5. The van der Waals surface area contributed by atoms with E-state index in [1.807, 2.05) is 18.2 Å². The van der Waals surface area contributed by atoms with Gasteiger partial charge in [0.2, 0.25) is 15.9 Å². The Balaban J connectivity index is 1.45. The van der Waals surface area contributed by atoms with E-state index < -0.39 is 10.0 Å². The van der Waals surface area contributed by atoms with Crippen LogP contribution in [0.5, 0.6) is 0 Å². The lowest BCUT2D eigenvalue weighted by atomic mass is 9.59. The minimum absolute atomic E-state index is 0.00462. The SMILES string of the molecule is CC(=O)Nc1ccc(S(=O)(=O)N[C@H]2C(C)(C)[C@@H]3C[C@@H]4[C@@H](c5ccccc5)OCC[C@@]42C3)cc1. The summed E-state index contributed by atoms with van der Waals surface area (Å²) in [5.74, 6) is 0.553. The molecular formula is C26H32N2O4S. The molecule has 2 aliphatic carbocycles. The van der Waals surface area contributed by atoms with Crippen LogP contribution in [0, 0.1) is 22.7 Å². The van der Waals surface area contributed by atoms with Gasteiger partial charge in [0.15, 0.2) is 0 Å². The van der Waals surface area contributed by atoms with Crippen LogP contribution >= 0.6 is 0 Å². The average molecular weight is 469 g/mol. The summed E-state index contributed by atoms with van der Waals surface area (Å²) >= 11 is 0. The Morgan fingerprint density at radius 1 is 1.06 bits per heavy atom. The summed E-state index contributed by atoms with van der Waals surface area (Å²) in [4.78, 5) is 11.5. The molecule has 5 atom stereocenters. The van der Waals surface area contributed by atoms with Gasteiger partial charge in [0.25, 0.3) is 0 Å². The third-order valence-corrected chi connectivity index (χ3v) is 9.83. The number of carbonyl (C=O) groups excluding carboxylic acids is 1. The maximum Gasteiger partial charge on any atom is 0.240 e. The summed E-state index contributed by atoms with van der Waals surface area (Å²) in [6.07, 6.45) is 2.97. The highest BCUT2D eigenvalue weighted by atomic mass is 32.2. The Morgan fingerprint density at radius 2 is 1.76 bits per heavy atom. The lowest BCUT2D eigenvalue weighted by molar-refractivity contribution is -0.118. The molecule has 2 bridgehead atoms. The number of amides is 1. The van der Waals surface area contributed by atoms with Crippen molar-refractivity contribution < 1.29 is 17.9 Å². The fraction of sp³-hybridized carbons (Fsp3) is 0.500. The van der Waals surface area contributed by atoms with Gasteiger partial charge in [-0.3, -0.25) is 4.79 Å². The highest BCUT2D eigenvalue weighted by Crippen LogP contribution is 2.70. The summed E-state index contributed by atoms with van der Waals surface area (Å²) in [7, 11) is -3.72. The van der Waals surface area contributed by atoms with Crippen molar-refractivity contribution in [3.05, 3.63) is 60.2 Å². The molecule has 1 spiro atoms. The minimum atomic E-state index is -3.72. The number of fused-ring (bicyclic) bond motifs is 1. The van der Waals surface area contributed by atoms with Gasteiger partial charge in [-0.1, -0.05) is 44.2 Å². The number of sulfonamides is 1. The quantitative estimate of drug-likeness (QED) is 0.676. The van der Waals surface area contributed by atoms with Crippen molar-refractivity contribution in [2.75, 3.05) is 11.9 Å². The normalized spacial score (nSPS) is 32.3. The lowest BCUT2D eigenvalue weighted by Gasteiger charge is -2.53. The van der Waals surface area contributed by atoms with E-state index in [1.165, 1.54) is 12.5 Å². The van der Waals surface area contributed by atoms with Gasteiger partial charge in [-0.05, 0) is 71.8 Å². The fourth-order valence-corrected chi connectivity index (χ4v) is 8.32. The molecule has 176 valence electrons. The van der Waals surface area contributed by atoms with Crippen LogP contribution in [0.3, 0.4) is 0 Å². The van der Waals surface area contributed by atoms with Gasteiger partial charge in [0, 0.05) is 25.3 Å². The fourth-order valence-electron chi connectivity index (χ4n) is 6.84. The van der Waals surface area contributed by atoms with Crippen molar-refractivity contribution in [2.24, 2.45) is 22.7 Å². The third kappa shape index (κ3) is 3.70. The third-order valence-electron chi connectivity index (χ3n) is 8.39. The van der Waals surface area contributed by atoms with Crippen LogP contribution in [0.15, 0.2) is 59.5 Å². The van der Waals surface area contributed by atoms with Crippen LogP contribution in [0.4, 0.5) is 5.69 Å². The molecule has 3 fully saturated rings. The van der Waals surface area contributed by atoms with Gasteiger partial charge in [-0.25, -0.2) is 13.1 Å². The predicted octanol–water partition coefficient (Wildman–Crippen LogP) is 4.51. The molecule has 1 amide bonds. The van der Waals surface area contributed by atoms with Gasteiger partial charge in [-0.2, -0.15) is 0 Å². The molecule has 5 rings (SSSR count). The molecule has 6 nitrogen and oxygen atoms in total. The largest absolute Gasteiger partial charge is 0.373 e. The van der Waals surface area contributed by atoms with Crippen LogP contribution in [0.2, 0.25) is 0 Å². The van der Waals surface area contributed by atoms with E-state index in [1.54, 1.807) is 24.3 Å². The molecule has 7 heteroatoms. The van der Waals surface area contributed by atoms with Crippen molar-refractivity contribution in [1.29, 1.82) is 0 Å². The molecule has 2 saturated carbocycles. The zero-order valence-corrected chi connectivity index (χ0v) is 20.2. The molecule has 1 aliphatic heterocycles. The molecule has 33 heavy (non-hydrogen) atoms. The van der Waals surface area contributed by atoms with Gasteiger partial charge in [0.1, 0.15) is 0 Å². The number of nitrogens with one attached hydrogen (secondary N) is 2. The molecule has 3 aliphatic rings. The molecule has 0 aromatic heterocycles. The van der Waals surface area contributed by atoms with Gasteiger partial charge in [-0.15, -0.1) is 0 Å². The number of ether oxygens (including phenoxy) is 1. The molecule has 2 aromatic rings. The molecule has 0 radical (unpaired) electrons. The van der Waals surface area contributed by atoms with Crippen molar-refractivity contribution in [2.45, 2.75) is 57.1 Å². The zero-order valence-electron chi connectivity index (χ0n) is 19.4. The van der Waals surface area contributed by atoms with Gasteiger partial charge >= 0.3 is 0 Å². The number of benzene rings is 2. The summed E-state index contributed by atoms with van der Waals surface area (Å²) < 4.78 is 36.4. The average Bonchev–Trinajstić information content (AvgIpc) is 3.27. The van der Waals surface area contributed by atoms with E-state index in [9.17, 15) is 13.2 Å². The minimum Gasteiger partial charge on any atom is -0.373 e. The monoisotopic (exact) mass is 468 g/mol. The first kappa shape index (κ1) is 22.6. The lowest BCUT2D eigenvalue weighted by Crippen LogP contribution is -2.58. The number of rotatable bonds is 5. The van der Waals surface area contributed by atoms with E-state index in [0.717, 1.165) is 19.3 Å². The van der Waals surface area contributed by atoms with Crippen molar-refractivity contribution in [3.63, 3.8) is 0 Å². The van der Waals surface area contributed by atoms with Crippen LogP contribution in [-0.4, -0.2) is 27.0 Å². The smallest absolute Gasteiger partial charge is 0.240 e. The maximum absolute atomic E-state index is 13.5. The Morgan fingerprint density at radius 3 is 2.42 bits per heavy atom. The van der Waals surface area contributed by atoms with Crippen molar-refractivity contribution >= 4 is 21.6 Å². The predicted molar refractivity (Wildman–Crippen MR) is 127 cm³/mol. The van der Waals surface area contributed by atoms with E-state index >= 15 is 0 Å². The zero-order chi connectivity index (χ0) is 23.4. The molecule has 2 aromatic carbocycles. The Kier molecular flexibility index (Phi) is 5.42. The summed E-state index contributed by atoms with van der Waals surface area (Å²) in [5.41, 5.74) is 1.51. The Bertz CT molecular complexity index is 1150. The highest BCUT2D eigenvalue weighted by molar-refractivity contribution is 7.89. The first-order valence-corrected chi connectivity index (χ1v) is 13.2. The topological polar surface area (TPSA) is 84.5 Å². The highest BCUT2D eigenvalue weighted by Gasteiger charge is 2.68. The van der Waals surface area contributed by atoms with Gasteiger partial charge < -0.3 is 10.1 Å². The second kappa shape index (κ2) is 7.93. The second-order valence-electron chi connectivity index (χ2n) is 10.5. The van der Waals surface area contributed by atoms with E-state index in [2.05, 4.69) is 36.0 Å². The Hall–Kier alpha value is -2.22. The van der Waals surface area contributed by atoms with Crippen LogP contribution in [0.25, 0.3) is 0 Å². The van der Waals surface area contributed by atoms with E-state index in [-0.39, 0.29) is 33.8 Å². The summed E-state index contributed by atoms with van der Waals surface area (Å²) in [6.45, 7) is 6.49. The number of hydrogen-bond donors (Lipinski definition) is 2. The molecule has 2 N–H and O–H groups in total. The molecular weight excluding hydrogens is 436 g/mol. The van der Waals surface area contributed by atoms with Crippen LogP contribution < -0.4 is 10.0 Å². The van der Waals surface area contributed by atoms with Crippen LogP contribution in [-0.2, 0) is 19.6 Å². The molecule has 1 saturated heterocycles. The first-order chi connectivity index (χ1) is 15.6.